The van der Waals surface area contributed by atoms with E-state index >= 15 is 0 Å². The Balaban J connectivity index is 1.63. The summed E-state index contributed by atoms with van der Waals surface area (Å²) in [6, 6.07) is 25.9. The van der Waals surface area contributed by atoms with Gasteiger partial charge in [0, 0.05) is 30.8 Å². The van der Waals surface area contributed by atoms with Crippen LogP contribution in [0.25, 0.3) is 0 Å². The standard InChI is InChI=1S/C57H78N2O12/c1-36(2)44-42(32-40-27-28-41(31-37(40)3)65-34-39-25-20-17-21-26-39)48(58-59(44)29-22-30-64-33-38-23-18-16-19-24-38)71-49-47(70-53(63)57(13,14)15)46(69-52(62)56(10,11)12)45(68-51(61)55(7,8)9)43(67-49)35-66-50(60)54(4,5)6/h16-21,23-28,31,36,43,45-47,49H,22,29-30,32-35H2,1-15H3/t43-,45-,46+,47-,49+/m1/s1. The van der Waals surface area contributed by atoms with Crippen LogP contribution in [0.15, 0.2) is 78.9 Å². The van der Waals surface area contributed by atoms with Crippen molar-refractivity contribution in [2.45, 2.75) is 173 Å². The Hall–Kier alpha value is -5.73. The number of benzene rings is 3. The number of rotatable bonds is 19. The SMILES string of the molecule is Cc1cc(OCc2ccccc2)ccc1Cc1c(O[C@@H]2O[C@H](COC(=O)C(C)(C)C)[C@@H](OC(=O)C(C)(C)C)[C@H](OC(=O)C(C)(C)C)[C@H]2OC(=O)C(C)(C)C)nn(CCCOCc2ccccc2)c1C(C)C. The summed E-state index contributed by atoms with van der Waals surface area (Å²) in [4.78, 5) is 55.3. The average molecular weight is 983 g/mol. The smallest absolute Gasteiger partial charge is 0.311 e. The molecule has 1 aliphatic rings. The first kappa shape index (κ1) is 56.2. The highest BCUT2D eigenvalue weighted by Crippen LogP contribution is 2.38. The molecule has 14 heteroatoms. The van der Waals surface area contributed by atoms with Crippen LogP contribution < -0.4 is 9.47 Å². The van der Waals surface area contributed by atoms with Gasteiger partial charge in [0.05, 0.1) is 28.3 Å². The summed E-state index contributed by atoms with van der Waals surface area (Å²) < 4.78 is 52.6. The number of aromatic nitrogens is 2. The molecule has 0 N–H and O–H groups in total. The minimum Gasteiger partial charge on any atom is -0.489 e. The highest BCUT2D eigenvalue weighted by Gasteiger charge is 2.56. The Kier molecular flexibility index (Phi) is 18.7. The van der Waals surface area contributed by atoms with E-state index in [0.717, 1.165) is 39.3 Å². The second-order valence-electron chi connectivity index (χ2n) is 22.8. The van der Waals surface area contributed by atoms with Crippen LogP contribution in [-0.4, -0.2) is 77.6 Å². The first-order valence-electron chi connectivity index (χ1n) is 24.7. The van der Waals surface area contributed by atoms with Crippen LogP contribution in [0, 0.1) is 28.6 Å². The maximum atomic E-state index is 14.1. The van der Waals surface area contributed by atoms with Crippen molar-refractivity contribution < 1.29 is 57.1 Å². The summed E-state index contributed by atoms with van der Waals surface area (Å²) in [5.41, 5.74) is 1.69. The summed E-state index contributed by atoms with van der Waals surface area (Å²) in [6.45, 7) is 27.9. The van der Waals surface area contributed by atoms with Gasteiger partial charge in [-0.1, -0.05) is 80.6 Å². The van der Waals surface area contributed by atoms with Crippen LogP contribution in [-0.2, 0) is 73.8 Å². The van der Waals surface area contributed by atoms with Gasteiger partial charge in [-0.25, -0.2) is 0 Å². The Morgan fingerprint density at radius 3 is 1.70 bits per heavy atom. The van der Waals surface area contributed by atoms with E-state index < -0.39 is 82.8 Å². The topological polar surface area (TPSA) is 160 Å². The third kappa shape index (κ3) is 15.9. The fourth-order valence-corrected chi connectivity index (χ4v) is 7.43. The molecule has 0 bridgehead atoms. The summed E-state index contributed by atoms with van der Waals surface area (Å²) in [5.74, 6) is -1.69. The Morgan fingerprint density at radius 2 is 1.18 bits per heavy atom. The van der Waals surface area contributed by atoms with E-state index in [2.05, 4.69) is 13.8 Å². The molecule has 5 atom stereocenters. The van der Waals surface area contributed by atoms with E-state index in [1.165, 1.54) is 0 Å². The van der Waals surface area contributed by atoms with E-state index in [1.807, 2.05) is 90.5 Å². The first-order chi connectivity index (χ1) is 33.1. The summed E-state index contributed by atoms with van der Waals surface area (Å²) in [6.07, 6.45) is -6.26. The van der Waals surface area contributed by atoms with Crippen LogP contribution in [0.5, 0.6) is 11.6 Å². The number of aryl methyl sites for hydroxylation is 2. The van der Waals surface area contributed by atoms with Crippen molar-refractivity contribution in [1.29, 1.82) is 0 Å². The highest BCUT2D eigenvalue weighted by molar-refractivity contribution is 5.78. The lowest BCUT2D eigenvalue weighted by Gasteiger charge is -2.45. The van der Waals surface area contributed by atoms with Crippen molar-refractivity contribution in [3.8, 4) is 11.6 Å². The second-order valence-corrected chi connectivity index (χ2v) is 22.8. The van der Waals surface area contributed by atoms with Crippen molar-refractivity contribution >= 4 is 23.9 Å². The van der Waals surface area contributed by atoms with Crippen LogP contribution in [0.1, 0.15) is 143 Å². The minimum atomic E-state index is -1.53. The molecular formula is C57H78N2O12. The number of hydrogen-bond donors (Lipinski definition) is 0. The molecule has 4 aromatic rings. The van der Waals surface area contributed by atoms with E-state index in [0.29, 0.717) is 39.2 Å². The molecule has 3 aromatic carbocycles. The quantitative estimate of drug-likeness (QED) is 0.0497. The maximum Gasteiger partial charge on any atom is 0.311 e. The molecule has 0 aliphatic carbocycles. The van der Waals surface area contributed by atoms with Crippen molar-refractivity contribution in [3.05, 3.63) is 112 Å². The molecular weight excluding hydrogens is 905 g/mol. The van der Waals surface area contributed by atoms with E-state index in [4.69, 9.17) is 43.0 Å². The van der Waals surface area contributed by atoms with Crippen LogP contribution >= 0.6 is 0 Å². The second kappa shape index (κ2) is 23.7. The van der Waals surface area contributed by atoms with Gasteiger partial charge < -0.3 is 37.9 Å². The zero-order valence-corrected chi connectivity index (χ0v) is 44.7. The molecule has 14 nitrogen and oxygen atoms in total. The van der Waals surface area contributed by atoms with Gasteiger partial charge in [-0.15, -0.1) is 5.10 Å². The van der Waals surface area contributed by atoms with Crippen LogP contribution in [0.4, 0.5) is 0 Å². The zero-order valence-electron chi connectivity index (χ0n) is 44.7. The normalized spacial score (nSPS) is 18.7. The molecule has 71 heavy (non-hydrogen) atoms. The first-order valence-corrected chi connectivity index (χ1v) is 24.7. The highest BCUT2D eigenvalue weighted by atomic mass is 16.7. The van der Waals surface area contributed by atoms with Crippen LogP contribution in [0.2, 0.25) is 0 Å². The zero-order chi connectivity index (χ0) is 52.5. The van der Waals surface area contributed by atoms with Crippen molar-refractivity contribution in [1.82, 2.24) is 9.78 Å². The number of nitrogens with zero attached hydrogens (tertiary/aromatic N) is 2. The largest absolute Gasteiger partial charge is 0.489 e. The van der Waals surface area contributed by atoms with E-state index in [9.17, 15) is 19.2 Å². The predicted octanol–water partition coefficient (Wildman–Crippen LogP) is 10.7. The Morgan fingerprint density at radius 1 is 0.662 bits per heavy atom. The third-order valence-electron chi connectivity index (χ3n) is 11.7. The molecule has 1 saturated heterocycles. The summed E-state index contributed by atoms with van der Waals surface area (Å²) in [7, 11) is 0. The number of carbonyl (C=O) groups is 4. The molecule has 388 valence electrons. The van der Waals surface area contributed by atoms with Gasteiger partial charge in [0.25, 0.3) is 0 Å². The fraction of sp³-hybridized carbons (Fsp3) is 0.561. The lowest BCUT2D eigenvalue weighted by Crippen LogP contribution is -2.65. The van der Waals surface area contributed by atoms with Gasteiger partial charge in [-0.05, 0) is 137 Å². The van der Waals surface area contributed by atoms with Crippen molar-refractivity contribution in [2.75, 3.05) is 13.2 Å². The van der Waals surface area contributed by atoms with Crippen LogP contribution in [0.3, 0.4) is 0 Å². The Bertz CT molecular complexity index is 2400. The Labute approximate surface area is 421 Å². The minimum absolute atomic E-state index is 0.0538. The van der Waals surface area contributed by atoms with Gasteiger partial charge in [0.15, 0.2) is 12.2 Å². The number of carbonyl (C=O) groups excluding carboxylic acids is 4. The fourth-order valence-electron chi connectivity index (χ4n) is 7.43. The molecule has 0 unspecified atom stereocenters. The molecule has 1 aromatic heterocycles. The summed E-state index contributed by atoms with van der Waals surface area (Å²) >= 11 is 0. The molecule has 0 radical (unpaired) electrons. The molecule has 0 amide bonds. The molecule has 0 saturated carbocycles. The van der Waals surface area contributed by atoms with Crippen molar-refractivity contribution in [3.63, 3.8) is 0 Å². The monoisotopic (exact) mass is 983 g/mol. The molecule has 2 heterocycles. The molecule has 0 spiro atoms. The molecule has 1 fully saturated rings. The van der Waals surface area contributed by atoms with E-state index in [-0.39, 0.29) is 11.8 Å². The van der Waals surface area contributed by atoms with Gasteiger partial charge in [0.2, 0.25) is 18.3 Å². The average Bonchev–Trinajstić information content (AvgIpc) is 3.62. The van der Waals surface area contributed by atoms with Gasteiger partial charge in [0.1, 0.15) is 25.1 Å². The van der Waals surface area contributed by atoms with E-state index in [1.54, 1.807) is 83.1 Å². The molecule has 1 aliphatic heterocycles. The predicted molar refractivity (Wildman–Crippen MR) is 269 cm³/mol. The van der Waals surface area contributed by atoms with Gasteiger partial charge in [-0.2, -0.15) is 0 Å². The van der Waals surface area contributed by atoms with Gasteiger partial charge >= 0.3 is 23.9 Å². The third-order valence-corrected chi connectivity index (χ3v) is 11.7. The molecule has 5 rings (SSSR count). The lowest BCUT2D eigenvalue weighted by atomic mass is 9.93. The number of hydrogen-bond acceptors (Lipinski definition) is 13. The van der Waals surface area contributed by atoms with Gasteiger partial charge in [-0.3, -0.25) is 23.9 Å². The number of ether oxygens (including phenoxy) is 8. The maximum absolute atomic E-state index is 14.1. The summed E-state index contributed by atoms with van der Waals surface area (Å²) in [5, 5.41) is 5.12. The van der Waals surface area contributed by atoms with Crippen molar-refractivity contribution in [2.24, 2.45) is 21.7 Å². The number of esters is 4. The lowest BCUT2D eigenvalue weighted by molar-refractivity contribution is -0.294.